The van der Waals surface area contributed by atoms with Crippen molar-refractivity contribution in [1.82, 2.24) is 0 Å². The van der Waals surface area contributed by atoms with Gasteiger partial charge in [0, 0.05) is 12.8 Å². The smallest absolute Gasteiger partial charge is 0.306 e. The first-order valence-corrected chi connectivity index (χ1v) is 17.9. The lowest BCUT2D eigenvalue weighted by Gasteiger charge is -2.18. The molecule has 0 saturated carbocycles. The number of carboxylic acid groups (broad SMARTS) is 1. The number of unbranched alkanes of at least 4 members (excludes halogenated alkanes) is 10. The summed E-state index contributed by atoms with van der Waals surface area (Å²) in [6.07, 6.45) is 49.2. The van der Waals surface area contributed by atoms with Gasteiger partial charge < -0.3 is 9.84 Å². The van der Waals surface area contributed by atoms with Crippen LogP contribution in [0, 0.1) is 0 Å². The van der Waals surface area contributed by atoms with Gasteiger partial charge in [-0.05, 0) is 77.0 Å². The van der Waals surface area contributed by atoms with Gasteiger partial charge in [-0.15, -0.1) is 0 Å². The minimum Gasteiger partial charge on any atom is -0.481 e. The number of hydrogen-bond donors (Lipinski definition) is 1. The molecule has 0 heterocycles. The van der Waals surface area contributed by atoms with Crippen molar-refractivity contribution in [2.75, 3.05) is 0 Å². The van der Waals surface area contributed by atoms with E-state index in [2.05, 4.69) is 86.8 Å². The van der Waals surface area contributed by atoms with Gasteiger partial charge in [0.1, 0.15) is 6.10 Å². The second-order valence-corrected chi connectivity index (χ2v) is 11.7. The number of rotatable bonds is 31. The maximum Gasteiger partial charge on any atom is 0.306 e. The van der Waals surface area contributed by atoms with Crippen molar-refractivity contribution in [1.29, 1.82) is 0 Å². The quantitative estimate of drug-likeness (QED) is 0.0482. The van der Waals surface area contributed by atoms with E-state index in [-0.39, 0.29) is 18.5 Å². The van der Waals surface area contributed by atoms with Crippen molar-refractivity contribution < 1.29 is 19.4 Å². The lowest BCUT2D eigenvalue weighted by atomic mass is 10.0. The molecule has 0 aromatic carbocycles. The second kappa shape index (κ2) is 34.9. The Balaban J connectivity index is 4.11. The number of hydrogen-bond acceptors (Lipinski definition) is 3. The largest absolute Gasteiger partial charge is 0.481 e. The molecule has 1 unspecified atom stereocenters. The molecule has 0 aliphatic carbocycles. The molecule has 250 valence electrons. The minimum atomic E-state index is -0.704. The number of aliphatic carboxylic acids is 1. The van der Waals surface area contributed by atoms with Gasteiger partial charge in [0.25, 0.3) is 0 Å². The molecule has 0 aromatic rings. The van der Waals surface area contributed by atoms with Gasteiger partial charge in [0.15, 0.2) is 0 Å². The Morgan fingerprint density at radius 2 is 0.932 bits per heavy atom. The van der Waals surface area contributed by atoms with Crippen LogP contribution in [-0.2, 0) is 14.3 Å². The normalized spacial score (nSPS) is 13.1. The predicted octanol–water partition coefficient (Wildman–Crippen LogP) is 12.3. The molecule has 0 spiro atoms. The Hall–Kier alpha value is -2.62. The van der Waals surface area contributed by atoms with Crippen LogP contribution in [0.2, 0.25) is 0 Å². The topological polar surface area (TPSA) is 63.6 Å². The molecule has 0 aromatic heterocycles. The number of carbonyl (C=O) groups is 2. The Bertz CT molecular complexity index is 830. The molecule has 4 heteroatoms. The third-order valence-corrected chi connectivity index (χ3v) is 7.46. The van der Waals surface area contributed by atoms with Crippen molar-refractivity contribution in [2.45, 2.75) is 168 Å². The molecule has 0 radical (unpaired) electrons. The highest BCUT2D eigenvalue weighted by molar-refractivity contribution is 5.69. The maximum absolute atomic E-state index is 12.5. The van der Waals surface area contributed by atoms with Gasteiger partial charge in [-0.2, -0.15) is 0 Å². The van der Waals surface area contributed by atoms with Gasteiger partial charge in [0.05, 0.1) is 0 Å². The van der Waals surface area contributed by atoms with Crippen LogP contribution < -0.4 is 0 Å². The summed E-state index contributed by atoms with van der Waals surface area (Å²) in [4.78, 5) is 23.2. The number of allylic oxidation sites excluding steroid dienone is 12. The zero-order chi connectivity index (χ0) is 32.2. The first kappa shape index (κ1) is 41.4. The number of ether oxygens (including phenoxy) is 1. The number of carbonyl (C=O) groups excluding carboxylic acids is 1. The summed E-state index contributed by atoms with van der Waals surface area (Å²) in [6.45, 7) is 4.39. The lowest BCUT2D eigenvalue weighted by Crippen LogP contribution is -2.18. The lowest BCUT2D eigenvalue weighted by molar-refractivity contribution is -0.149. The monoisotopic (exact) mass is 610 g/mol. The van der Waals surface area contributed by atoms with E-state index in [9.17, 15) is 9.59 Å². The van der Waals surface area contributed by atoms with Crippen LogP contribution in [-0.4, -0.2) is 23.1 Å². The van der Waals surface area contributed by atoms with Crippen molar-refractivity contribution in [3.05, 3.63) is 72.9 Å². The fraction of sp³-hybridized carbons (Fsp3) is 0.650. The van der Waals surface area contributed by atoms with Crippen LogP contribution >= 0.6 is 0 Å². The molecule has 0 fully saturated rings. The molecule has 1 N–H and O–H groups in total. The summed E-state index contributed by atoms with van der Waals surface area (Å²) in [6, 6.07) is 0. The highest BCUT2D eigenvalue weighted by Crippen LogP contribution is 2.18. The van der Waals surface area contributed by atoms with Crippen molar-refractivity contribution >= 4 is 11.9 Å². The van der Waals surface area contributed by atoms with Crippen LogP contribution in [0.15, 0.2) is 72.9 Å². The molecular weight excluding hydrogens is 544 g/mol. The summed E-state index contributed by atoms with van der Waals surface area (Å²) in [5, 5.41) is 8.75. The molecule has 44 heavy (non-hydrogen) atoms. The van der Waals surface area contributed by atoms with E-state index in [0.29, 0.717) is 6.42 Å². The molecule has 0 rings (SSSR count). The summed E-state index contributed by atoms with van der Waals surface area (Å²) < 4.78 is 5.92. The van der Waals surface area contributed by atoms with Crippen molar-refractivity contribution in [3.8, 4) is 0 Å². The summed E-state index contributed by atoms with van der Waals surface area (Å²) in [5.41, 5.74) is 0. The van der Waals surface area contributed by atoms with Gasteiger partial charge in [-0.3, -0.25) is 9.59 Å². The van der Waals surface area contributed by atoms with E-state index in [4.69, 9.17) is 9.84 Å². The van der Waals surface area contributed by atoms with Crippen LogP contribution in [0.25, 0.3) is 0 Å². The fourth-order valence-corrected chi connectivity index (χ4v) is 4.86. The van der Waals surface area contributed by atoms with E-state index >= 15 is 0 Å². The standard InChI is InChI=1S/C40H66O4/c1-3-5-7-9-11-12-13-14-15-16-17-18-19-20-21-22-23-29-33-37-40(43)44-38(34-30-26-10-8-6-4-2)35-31-27-24-25-28-32-36-39(41)42/h5,7,11-12,14-15,17-18,20-21,23,29,38H,3-4,6,8-10,13,16,19,22,24-28,30-37H2,1-2H3,(H,41,42)/b7-5-,12-11-,15-14-,18-17-,21-20-,29-23-. The van der Waals surface area contributed by atoms with Gasteiger partial charge >= 0.3 is 11.9 Å². The average molecular weight is 611 g/mol. The van der Waals surface area contributed by atoms with E-state index < -0.39 is 5.97 Å². The Kier molecular flexibility index (Phi) is 32.8. The number of esters is 1. The Morgan fingerprint density at radius 3 is 1.39 bits per heavy atom. The molecule has 0 aliphatic heterocycles. The Labute approximate surface area is 271 Å². The molecule has 0 saturated heterocycles. The van der Waals surface area contributed by atoms with E-state index in [1.807, 2.05) is 0 Å². The second-order valence-electron chi connectivity index (χ2n) is 11.7. The van der Waals surface area contributed by atoms with Crippen LogP contribution in [0.5, 0.6) is 0 Å². The summed E-state index contributed by atoms with van der Waals surface area (Å²) in [5.74, 6) is -0.778. The van der Waals surface area contributed by atoms with E-state index in [0.717, 1.165) is 103 Å². The fourth-order valence-electron chi connectivity index (χ4n) is 4.86. The molecule has 0 bridgehead atoms. The van der Waals surface area contributed by atoms with Crippen LogP contribution in [0.4, 0.5) is 0 Å². The SMILES string of the molecule is CC/C=C\C/C=C\C/C=C\C/C=C\C/C=C\C/C=C\CCC(=O)OC(CCCCCCCC)CCCCCCCCC(=O)O. The highest BCUT2D eigenvalue weighted by Gasteiger charge is 2.14. The van der Waals surface area contributed by atoms with Gasteiger partial charge in [0.2, 0.25) is 0 Å². The molecule has 0 amide bonds. The van der Waals surface area contributed by atoms with Crippen molar-refractivity contribution in [2.24, 2.45) is 0 Å². The molecule has 1 atom stereocenters. The van der Waals surface area contributed by atoms with Crippen LogP contribution in [0.3, 0.4) is 0 Å². The van der Waals surface area contributed by atoms with Gasteiger partial charge in [-0.1, -0.05) is 145 Å². The average Bonchev–Trinajstić information content (AvgIpc) is 3.01. The van der Waals surface area contributed by atoms with Crippen molar-refractivity contribution in [3.63, 3.8) is 0 Å². The Morgan fingerprint density at radius 1 is 0.523 bits per heavy atom. The van der Waals surface area contributed by atoms with E-state index in [1.165, 1.54) is 32.1 Å². The third-order valence-electron chi connectivity index (χ3n) is 7.46. The molecular formula is C40H66O4. The first-order chi connectivity index (χ1) is 21.6. The number of carboxylic acids is 1. The first-order valence-electron chi connectivity index (χ1n) is 17.9. The third kappa shape index (κ3) is 33.9. The minimum absolute atomic E-state index is 0.0333. The summed E-state index contributed by atoms with van der Waals surface area (Å²) >= 11 is 0. The molecule has 4 nitrogen and oxygen atoms in total. The van der Waals surface area contributed by atoms with E-state index in [1.54, 1.807) is 0 Å². The van der Waals surface area contributed by atoms with Gasteiger partial charge in [-0.25, -0.2) is 0 Å². The summed E-state index contributed by atoms with van der Waals surface area (Å²) in [7, 11) is 0. The predicted molar refractivity (Wildman–Crippen MR) is 190 cm³/mol. The maximum atomic E-state index is 12.5. The van der Waals surface area contributed by atoms with Crippen LogP contribution in [0.1, 0.15) is 162 Å². The molecule has 0 aliphatic rings. The zero-order valence-electron chi connectivity index (χ0n) is 28.4. The zero-order valence-corrected chi connectivity index (χ0v) is 28.4. The highest BCUT2D eigenvalue weighted by atomic mass is 16.5.